The van der Waals surface area contributed by atoms with E-state index in [-0.39, 0.29) is 18.4 Å². The van der Waals surface area contributed by atoms with Crippen LogP contribution in [0.15, 0.2) is 60.7 Å². The molecule has 0 bridgehead atoms. The second-order valence-corrected chi connectivity index (χ2v) is 6.87. The number of carbonyl (C=O) groups excluding carboxylic acids is 2. The van der Waals surface area contributed by atoms with Gasteiger partial charge in [-0.2, -0.15) is 5.10 Å². The van der Waals surface area contributed by atoms with Crippen molar-refractivity contribution in [2.45, 2.75) is 13.8 Å². The van der Waals surface area contributed by atoms with E-state index in [1.165, 1.54) is 6.08 Å². The molecule has 0 atom stereocenters. The van der Waals surface area contributed by atoms with Crippen molar-refractivity contribution in [3.63, 3.8) is 0 Å². The number of aryl methyl sites for hydroxylation is 1. The van der Waals surface area contributed by atoms with E-state index in [0.29, 0.717) is 10.7 Å². The number of amides is 2. The maximum Gasteiger partial charge on any atom is 0.244 e. The zero-order valence-electron chi connectivity index (χ0n) is 16.1. The molecule has 0 saturated carbocycles. The maximum atomic E-state index is 12.1. The monoisotopic (exact) mass is 408 g/mol. The van der Waals surface area contributed by atoms with Crippen LogP contribution < -0.4 is 10.6 Å². The molecular formula is C22H21ClN4O2. The van der Waals surface area contributed by atoms with Gasteiger partial charge in [-0.25, -0.2) is 4.68 Å². The van der Waals surface area contributed by atoms with Crippen LogP contribution in [0, 0.1) is 13.8 Å². The lowest BCUT2D eigenvalue weighted by Gasteiger charge is -2.05. The smallest absolute Gasteiger partial charge is 0.244 e. The lowest BCUT2D eigenvalue weighted by atomic mass is 10.2. The molecule has 0 radical (unpaired) electrons. The average Bonchev–Trinajstić information content (AvgIpc) is 3.01. The fourth-order valence-corrected chi connectivity index (χ4v) is 2.97. The third kappa shape index (κ3) is 5.33. The Morgan fingerprint density at radius 3 is 2.45 bits per heavy atom. The first-order chi connectivity index (χ1) is 13.9. The van der Waals surface area contributed by atoms with Crippen molar-refractivity contribution in [2.24, 2.45) is 0 Å². The van der Waals surface area contributed by atoms with Crippen molar-refractivity contribution >= 4 is 35.2 Å². The second kappa shape index (κ2) is 9.21. The van der Waals surface area contributed by atoms with Crippen LogP contribution in [0.5, 0.6) is 0 Å². The molecule has 148 valence electrons. The molecule has 0 aliphatic rings. The summed E-state index contributed by atoms with van der Waals surface area (Å²) in [5.74, 6) is -0.680. The molecule has 0 fully saturated rings. The summed E-state index contributed by atoms with van der Waals surface area (Å²) in [6, 6.07) is 16.5. The van der Waals surface area contributed by atoms with Crippen molar-refractivity contribution in [2.75, 3.05) is 11.9 Å². The highest BCUT2D eigenvalue weighted by atomic mass is 35.5. The Bertz CT molecular complexity index is 1040. The molecule has 2 amide bonds. The van der Waals surface area contributed by atoms with E-state index in [4.69, 9.17) is 11.6 Å². The van der Waals surface area contributed by atoms with Gasteiger partial charge in [0.2, 0.25) is 11.8 Å². The lowest BCUT2D eigenvalue weighted by molar-refractivity contribution is -0.121. The Balaban J connectivity index is 1.58. The highest BCUT2D eigenvalue weighted by molar-refractivity contribution is 6.30. The van der Waals surface area contributed by atoms with Crippen LogP contribution in [0.25, 0.3) is 11.8 Å². The van der Waals surface area contributed by atoms with Crippen LogP contribution in [-0.4, -0.2) is 28.1 Å². The van der Waals surface area contributed by atoms with E-state index in [2.05, 4.69) is 15.7 Å². The molecule has 7 heteroatoms. The number of rotatable bonds is 6. The van der Waals surface area contributed by atoms with E-state index in [1.54, 1.807) is 30.3 Å². The van der Waals surface area contributed by atoms with Gasteiger partial charge < -0.3 is 10.6 Å². The fraction of sp³-hybridized carbons (Fsp3) is 0.136. The Morgan fingerprint density at radius 2 is 1.76 bits per heavy atom. The number of para-hydroxylation sites is 1. The van der Waals surface area contributed by atoms with E-state index in [1.807, 2.05) is 48.9 Å². The molecule has 0 unspecified atom stereocenters. The Morgan fingerprint density at radius 1 is 1.07 bits per heavy atom. The molecule has 0 aliphatic heterocycles. The SMILES string of the molecule is Cc1nn(-c2ccccc2)c(C)c1/C=C/C(=O)NCC(=O)Nc1ccc(Cl)cc1. The zero-order valence-corrected chi connectivity index (χ0v) is 16.9. The first-order valence-electron chi connectivity index (χ1n) is 9.07. The number of aromatic nitrogens is 2. The molecule has 1 aromatic heterocycles. The van der Waals surface area contributed by atoms with Crippen molar-refractivity contribution < 1.29 is 9.59 Å². The van der Waals surface area contributed by atoms with Gasteiger partial charge in [0.25, 0.3) is 0 Å². The van der Waals surface area contributed by atoms with Crippen molar-refractivity contribution in [3.05, 3.63) is 82.6 Å². The largest absolute Gasteiger partial charge is 0.343 e. The standard InChI is InChI=1S/C22H21ClN4O2/c1-15-20(16(2)27(26-15)19-6-4-3-5-7-19)12-13-21(28)24-14-22(29)25-18-10-8-17(23)9-11-18/h3-13H,14H2,1-2H3,(H,24,28)(H,25,29)/b13-12+. The van der Waals surface area contributed by atoms with Gasteiger partial charge in [-0.1, -0.05) is 29.8 Å². The van der Waals surface area contributed by atoms with Gasteiger partial charge in [-0.15, -0.1) is 0 Å². The minimum absolute atomic E-state index is 0.132. The molecule has 0 spiro atoms. The van der Waals surface area contributed by atoms with Gasteiger partial charge in [-0.3, -0.25) is 9.59 Å². The minimum Gasteiger partial charge on any atom is -0.343 e. The van der Waals surface area contributed by atoms with Crippen LogP contribution in [-0.2, 0) is 9.59 Å². The van der Waals surface area contributed by atoms with E-state index < -0.39 is 0 Å². The summed E-state index contributed by atoms with van der Waals surface area (Å²) in [5.41, 5.74) is 4.18. The molecule has 6 nitrogen and oxygen atoms in total. The third-order valence-corrected chi connectivity index (χ3v) is 4.55. The summed E-state index contributed by atoms with van der Waals surface area (Å²) in [4.78, 5) is 24.0. The van der Waals surface area contributed by atoms with Crippen molar-refractivity contribution in [1.29, 1.82) is 0 Å². The fourth-order valence-electron chi connectivity index (χ4n) is 2.84. The number of benzene rings is 2. The molecular weight excluding hydrogens is 388 g/mol. The van der Waals surface area contributed by atoms with Gasteiger partial charge in [-0.05, 0) is 56.3 Å². The Hall–Kier alpha value is -3.38. The average molecular weight is 409 g/mol. The number of nitrogens with one attached hydrogen (secondary N) is 2. The first-order valence-corrected chi connectivity index (χ1v) is 9.45. The lowest BCUT2D eigenvalue weighted by Crippen LogP contribution is -2.31. The summed E-state index contributed by atoms with van der Waals surface area (Å²) in [5, 5.41) is 10.4. The Labute approximate surface area is 174 Å². The highest BCUT2D eigenvalue weighted by Gasteiger charge is 2.11. The molecule has 0 saturated heterocycles. The third-order valence-electron chi connectivity index (χ3n) is 4.30. The molecule has 0 aliphatic carbocycles. The molecule has 2 aromatic carbocycles. The number of halogens is 1. The summed E-state index contributed by atoms with van der Waals surface area (Å²) in [6.45, 7) is 3.71. The van der Waals surface area contributed by atoms with E-state index >= 15 is 0 Å². The summed E-state index contributed by atoms with van der Waals surface area (Å²) in [7, 11) is 0. The second-order valence-electron chi connectivity index (χ2n) is 6.44. The van der Waals surface area contributed by atoms with Crippen LogP contribution in [0.3, 0.4) is 0 Å². The zero-order chi connectivity index (χ0) is 20.8. The normalized spacial score (nSPS) is 10.9. The van der Waals surface area contributed by atoms with Crippen molar-refractivity contribution in [3.8, 4) is 5.69 Å². The number of nitrogens with zero attached hydrogens (tertiary/aromatic N) is 2. The van der Waals surface area contributed by atoms with E-state index in [9.17, 15) is 9.59 Å². The van der Waals surface area contributed by atoms with Crippen LogP contribution >= 0.6 is 11.6 Å². The maximum absolute atomic E-state index is 12.1. The molecule has 1 heterocycles. The Kier molecular flexibility index (Phi) is 6.46. The highest BCUT2D eigenvalue weighted by Crippen LogP contribution is 2.19. The van der Waals surface area contributed by atoms with Crippen LogP contribution in [0.4, 0.5) is 5.69 Å². The van der Waals surface area contributed by atoms with Gasteiger partial charge in [0.1, 0.15) is 0 Å². The number of anilines is 1. The summed E-state index contributed by atoms with van der Waals surface area (Å²) >= 11 is 5.81. The van der Waals surface area contributed by atoms with Crippen molar-refractivity contribution in [1.82, 2.24) is 15.1 Å². The first kappa shape index (κ1) is 20.4. The van der Waals surface area contributed by atoms with Gasteiger partial charge in [0.15, 0.2) is 0 Å². The minimum atomic E-state index is -0.359. The topological polar surface area (TPSA) is 76.0 Å². The number of hydrogen-bond donors (Lipinski definition) is 2. The predicted molar refractivity (Wildman–Crippen MR) is 115 cm³/mol. The summed E-state index contributed by atoms with van der Waals surface area (Å²) < 4.78 is 1.84. The predicted octanol–water partition coefficient (Wildman–Crippen LogP) is 3.91. The molecule has 29 heavy (non-hydrogen) atoms. The molecule has 3 rings (SSSR count). The summed E-state index contributed by atoms with van der Waals surface area (Å²) in [6.07, 6.45) is 3.12. The van der Waals surface area contributed by atoms with Gasteiger partial charge in [0.05, 0.1) is 17.9 Å². The molecule has 3 aromatic rings. The van der Waals surface area contributed by atoms with E-state index in [0.717, 1.165) is 22.6 Å². The number of carbonyl (C=O) groups is 2. The molecule has 2 N–H and O–H groups in total. The quantitative estimate of drug-likeness (QED) is 0.607. The van der Waals surface area contributed by atoms with Crippen LogP contribution in [0.1, 0.15) is 17.0 Å². The van der Waals surface area contributed by atoms with Gasteiger partial charge >= 0.3 is 0 Å². The number of hydrogen-bond acceptors (Lipinski definition) is 3. The van der Waals surface area contributed by atoms with Crippen LogP contribution in [0.2, 0.25) is 5.02 Å². The van der Waals surface area contributed by atoms with Gasteiger partial charge in [0, 0.05) is 28.0 Å².